The third-order valence-electron chi connectivity index (χ3n) is 2.16. The fourth-order valence-corrected chi connectivity index (χ4v) is 1.51. The van der Waals surface area contributed by atoms with Crippen LogP contribution in [0.4, 0.5) is 0 Å². The molecular formula is C11H10ClNO2. The van der Waals surface area contributed by atoms with Crippen molar-refractivity contribution in [2.24, 2.45) is 4.99 Å². The second-order valence-corrected chi connectivity index (χ2v) is 3.75. The number of hydrogen-bond acceptors (Lipinski definition) is 3. The normalized spacial score (nSPS) is 15.0. The van der Waals surface area contributed by atoms with Gasteiger partial charge in [-0.2, -0.15) is 0 Å². The van der Waals surface area contributed by atoms with Crippen LogP contribution in [-0.2, 0) is 16.0 Å². The van der Waals surface area contributed by atoms with Crippen molar-refractivity contribution >= 4 is 23.5 Å². The van der Waals surface area contributed by atoms with Gasteiger partial charge in [0, 0.05) is 11.4 Å². The van der Waals surface area contributed by atoms with Crippen LogP contribution >= 0.6 is 11.6 Å². The third-order valence-corrected chi connectivity index (χ3v) is 2.41. The average molecular weight is 224 g/mol. The number of aryl methyl sites for hydroxylation is 1. The lowest BCUT2D eigenvalue weighted by Crippen LogP contribution is -2.05. The number of cyclic esters (lactones) is 1. The largest absolute Gasteiger partial charge is 0.411 e. The third kappa shape index (κ3) is 2.80. The summed E-state index contributed by atoms with van der Waals surface area (Å²) in [5, 5.41) is 0.725. The summed E-state index contributed by atoms with van der Waals surface area (Å²) >= 11 is 5.76. The smallest absolute Gasteiger partial charge is 0.334 e. The molecule has 4 heteroatoms. The molecule has 78 valence electrons. The predicted octanol–water partition coefficient (Wildman–Crippen LogP) is 2.23. The van der Waals surface area contributed by atoms with E-state index in [1.54, 1.807) is 0 Å². The van der Waals surface area contributed by atoms with Crippen LogP contribution in [0, 0.1) is 0 Å². The number of hydrogen-bond donors (Lipinski definition) is 0. The minimum atomic E-state index is -0.263. The van der Waals surface area contributed by atoms with Crippen LogP contribution in [0.2, 0.25) is 5.02 Å². The van der Waals surface area contributed by atoms with E-state index < -0.39 is 0 Å². The Kier molecular flexibility index (Phi) is 3.02. The molecule has 0 aromatic heterocycles. The van der Waals surface area contributed by atoms with E-state index in [1.807, 2.05) is 24.3 Å². The molecule has 1 aliphatic heterocycles. The standard InChI is InChI=1S/C11H10ClNO2/c12-9-4-1-8(2-5-9)3-6-10-13-7-11(14)15-10/h1-2,4-5H,3,6-7H2. The number of ether oxygens (including phenoxy) is 1. The van der Waals surface area contributed by atoms with Gasteiger partial charge in [-0.3, -0.25) is 0 Å². The zero-order valence-corrected chi connectivity index (χ0v) is 8.83. The molecule has 0 amide bonds. The van der Waals surface area contributed by atoms with Crippen LogP contribution in [0.3, 0.4) is 0 Å². The zero-order valence-electron chi connectivity index (χ0n) is 8.07. The van der Waals surface area contributed by atoms with E-state index >= 15 is 0 Å². The van der Waals surface area contributed by atoms with Crippen molar-refractivity contribution in [2.75, 3.05) is 6.54 Å². The molecule has 0 N–H and O–H groups in total. The quantitative estimate of drug-likeness (QED) is 0.737. The van der Waals surface area contributed by atoms with Crippen LogP contribution in [0.15, 0.2) is 29.3 Å². The second-order valence-electron chi connectivity index (χ2n) is 3.31. The molecule has 15 heavy (non-hydrogen) atoms. The lowest BCUT2D eigenvalue weighted by Gasteiger charge is -2.01. The fourth-order valence-electron chi connectivity index (χ4n) is 1.38. The molecular weight excluding hydrogens is 214 g/mol. The Bertz CT molecular complexity index is 398. The Morgan fingerprint density at radius 2 is 2.00 bits per heavy atom. The Labute approximate surface area is 92.7 Å². The first-order chi connectivity index (χ1) is 7.24. The monoisotopic (exact) mass is 223 g/mol. The number of esters is 1. The predicted molar refractivity (Wildman–Crippen MR) is 58.2 cm³/mol. The Hall–Kier alpha value is -1.35. The van der Waals surface area contributed by atoms with Gasteiger partial charge in [-0.15, -0.1) is 0 Å². The van der Waals surface area contributed by atoms with Gasteiger partial charge < -0.3 is 4.74 Å². The summed E-state index contributed by atoms with van der Waals surface area (Å²) in [5.41, 5.74) is 1.16. The van der Waals surface area contributed by atoms with Gasteiger partial charge in [-0.1, -0.05) is 23.7 Å². The van der Waals surface area contributed by atoms with Crippen LogP contribution < -0.4 is 0 Å². The number of halogens is 1. The average Bonchev–Trinajstić information content (AvgIpc) is 2.64. The van der Waals surface area contributed by atoms with E-state index in [-0.39, 0.29) is 12.5 Å². The van der Waals surface area contributed by atoms with Crippen molar-refractivity contribution in [1.82, 2.24) is 0 Å². The molecule has 0 radical (unpaired) electrons. The molecule has 0 unspecified atom stereocenters. The molecule has 0 saturated heterocycles. The van der Waals surface area contributed by atoms with Gasteiger partial charge in [0.15, 0.2) is 5.90 Å². The van der Waals surface area contributed by atoms with Crippen molar-refractivity contribution in [3.63, 3.8) is 0 Å². The molecule has 1 aromatic rings. The molecule has 0 aliphatic carbocycles. The highest BCUT2D eigenvalue weighted by Gasteiger charge is 2.15. The first-order valence-electron chi connectivity index (χ1n) is 4.72. The van der Waals surface area contributed by atoms with Crippen molar-refractivity contribution < 1.29 is 9.53 Å². The molecule has 1 aromatic carbocycles. The molecule has 1 heterocycles. The van der Waals surface area contributed by atoms with Gasteiger partial charge in [-0.05, 0) is 24.1 Å². The summed E-state index contributed by atoms with van der Waals surface area (Å²) in [4.78, 5) is 14.7. The topological polar surface area (TPSA) is 38.7 Å². The van der Waals surface area contributed by atoms with E-state index in [4.69, 9.17) is 16.3 Å². The molecule has 0 fully saturated rings. The van der Waals surface area contributed by atoms with Gasteiger partial charge >= 0.3 is 5.97 Å². The summed E-state index contributed by atoms with van der Waals surface area (Å²) in [6.45, 7) is 0.163. The number of aliphatic imine (C=N–C) groups is 1. The highest BCUT2D eigenvalue weighted by Crippen LogP contribution is 2.12. The van der Waals surface area contributed by atoms with E-state index in [2.05, 4.69) is 4.99 Å². The first-order valence-corrected chi connectivity index (χ1v) is 5.10. The maximum atomic E-state index is 10.8. The summed E-state index contributed by atoms with van der Waals surface area (Å²) < 4.78 is 4.89. The van der Waals surface area contributed by atoms with E-state index in [0.29, 0.717) is 12.3 Å². The van der Waals surface area contributed by atoms with Crippen LogP contribution in [0.5, 0.6) is 0 Å². The van der Waals surface area contributed by atoms with Crippen LogP contribution in [-0.4, -0.2) is 18.4 Å². The van der Waals surface area contributed by atoms with Gasteiger partial charge in [0.05, 0.1) is 0 Å². The molecule has 0 bridgehead atoms. The first kappa shape index (κ1) is 10.2. The summed E-state index contributed by atoms with van der Waals surface area (Å²) in [7, 11) is 0. The number of nitrogens with zero attached hydrogens (tertiary/aromatic N) is 1. The van der Waals surface area contributed by atoms with Gasteiger partial charge in [0.25, 0.3) is 0 Å². The van der Waals surface area contributed by atoms with E-state index in [1.165, 1.54) is 0 Å². The molecule has 0 atom stereocenters. The molecule has 2 rings (SSSR count). The number of carbonyl (C=O) groups excluding carboxylic acids is 1. The maximum Gasteiger partial charge on any atom is 0.334 e. The summed E-state index contributed by atoms with van der Waals surface area (Å²) in [6.07, 6.45) is 1.47. The Morgan fingerprint density at radius 1 is 1.27 bits per heavy atom. The SMILES string of the molecule is O=C1CN=C(CCc2ccc(Cl)cc2)O1. The van der Waals surface area contributed by atoms with E-state index in [9.17, 15) is 4.79 Å². The lowest BCUT2D eigenvalue weighted by atomic mass is 10.1. The van der Waals surface area contributed by atoms with E-state index in [0.717, 1.165) is 17.0 Å². The Morgan fingerprint density at radius 3 is 2.60 bits per heavy atom. The van der Waals surface area contributed by atoms with Crippen molar-refractivity contribution in [2.45, 2.75) is 12.8 Å². The summed E-state index contributed by atoms with van der Waals surface area (Å²) in [6, 6.07) is 7.61. The van der Waals surface area contributed by atoms with Crippen LogP contribution in [0.25, 0.3) is 0 Å². The lowest BCUT2D eigenvalue weighted by molar-refractivity contribution is -0.132. The number of benzene rings is 1. The minimum absolute atomic E-state index is 0.163. The highest BCUT2D eigenvalue weighted by atomic mass is 35.5. The van der Waals surface area contributed by atoms with Gasteiger partial charge in [0.1, 0.15) is 6.54 Å². The highest BCUT2D eigenvalue weighted by molar-refractivity contribution is 6.30. The maximum absolute atomic E-state index is 10.8. The van der Waals surface area contributed by atoms with Crippen molar-refractivity contribution in [3.05, 3.63) is 34.9 Å². The Balaban J connectivity index is 1.88. The summed E-state index contributed by atoms with van der Waals surface area (Å²) in [5.74, 6) is 0.274. The second kappa shape index (κ2) is 4.45. The molecule has 3 nitrogen and oxygen atoms in total. The van der Waals surface area contributed by atoms with Gasteiger partial charge in [-0.25, -0.2) is 9.79 Å². The molecule has 0 spiro atoms. The van der Waals surface area contributed by atoms with Crippen molar-refractivity contribution in [1.29, 1.82) is 0 Å². The molecule has 0 saturated carbocycles. The fraction of sp³-hybridized carbons (Fsp3) is 0.273. The molecule has 1 aliphatic rings. The zero-order chi connectivity index (χ0) is 10.7. The van der Waals surface area contributed by atoms with Crippen molar-refractivity contribution in [3.8, 4) is 0 Å². The van der Waals surface area contributed by atoms with Gasteiger partial charge in [0.2, 0.25) is 0 Å². The van der Waals surface area contributed by atoms with Crippen LogP contribution in [0.1, 0.15) is 12.0 Å². The minimum Gasteiger partial charge on any atom is -0.411 e. The number of rotatable bonds is 3. The number of carbonyl (C=O) groups is 1.